The number of likely N-dealkylation sites (tertiary alicyclic amines) is 1. The molecule has 0 spiro atoms. The summed E-state index contributed by atoms with van der Waals surface area (Å²) in [5.41, 5.74) is 0. The summed E-state index contributed by atoms with van der Waals surface area (Å²) in [6.07, 6.45) is 5.93. The van der Waals surface area contributed by atoms with Crippen LogP contribution in [0.4, 0.5) is 0 Å². The quantitative estimate of drug-likeness (QED) is 0.697. The molecule has 2 rings (SSSR count). The number of hydrogen-bond acceptors (Lipinski definition) is 2. The minimum absolute atomic E-state index is 0.0747. The van der Waals surface area contributed by atoms with Gasteiger partial charge in [-0.1, -0.05) is 13.3 Å². The number of nitrogens with zero attached hydrogens (tertiary/aromatic N) is 1. The summed E-state index contributed by atoms with van der Waals surface area (Å²) in [5.74, 6) is 1.07. The van der Waals surface area contributed by atoms with Gasteiger partial charge in [-0.05, 0) is 31.6 Å². The van der Waals surface area contributed by atoms with Gasteiger partial charge < -0.3 is 4.90 Å². The summed E-state index contributed by atoms with van der Waals surface area (Å²) >= 11 is 4.34. The molecular weight excluding hydrogens is 194 g/mol. The molecule has 2 fully saturated rings. The molecule has 0 aromatic heterocycles. The van der Waals surface area contributed by atoms with Crippen LogP contribution in [0.1, 0.15) is 39.0 Å². The van der Waals surface area contributed by atoms with Crippen LogP contribution >= 0.6 is 12.6 Å². The Kier molecular flexibility index (Phi) is 3.05. The summed E-state index contributed by atoms with van der Waals surface area (Å²) in [6, 6.07) is 0.559. The Hall–Kier alpha value is -0.180. The van der Waals surface area contributed by atoms with Gasteiger partial charge in [0, 0.05) is 12.6 Å². The predicted octanol–water partition coefficient (Wildman–Crippen LogP) is 2.10. The highest BCUT2D eigenvalue weighted by Crippen LogP contribution is 2.38. The van der Waals surface area contributed by atoms with Crippen molar-refractivity contribution in [2.75, 3.05) is 6.54 Å². The Morgan fingerprint density at radius 1 is 1.50 bits per heavy atom. The molecule has 1 saturated carbocycles. The lowest BCUT2D eigenvalue weighted by Gasteiger charge is -2.26. The maximum Gasteiger partial charge on any atom is 0.235 e. The molecule has 1 amide bonds. The third-order valence-corrected chi connectivity index (χ3v) is 4.30. The average molecular weight is 213 g/mol. The summed E-state index contributed by atoms with van der Waals surface area (Å²) in [7, 11) is 0. The number of carbonyl (C=O) groups is 1. The molecule has 0 aromatic rings. The Bertz CT molecular complexity index is 231. The minimum atomic E-state index is -0.0747. The fraction of sp³-hybridized carbons (Fsp3) is 0.909. The molecule has 1 aliphatic heterocycles. The summed E-state index contributed by atoms with van der Waals surface area (Å²) in [6.45, 7) is 3.00. The lowest BCUT2D eigenvalue weighted by molar-refractivity contribution is -0.131. The monoisotopic (exact) mass is 213 g/mol. The van der Waals surface area contributed by atoms with Crippen molar-refractivity contribution in [2.45, 2.75) is 50.3 Å². The van der Waals surface area contributed by atoms with Gasteiger partial charge in [-0.3, -0.25) is 4.79 Å². The van der Waals surface area contributed by atoms with Gasteiger partial charge in [0.1, 0.15) is 0 Å². The van der Waals surface area contributed by atoms with Crippen LogP contribution in [0.2, 0.25) is 0 Å². The molecule has 1 saturated heterocycles. The first-order valence-corrected chi connectivity index (χ1v) is 6.24. The summed E-state index contributed by atoms with van der Waals surface area (Å²) in [5, 5.41) is -0.0747. The highest BCUT2D eigenvalue weighted by atomic mass is 32.1. The van der Waals surface area contributed by atoms with E-state index in [0.29, 0.717) is 6.04 Å². The van der Waals surface area contributed by atoms with E-state index in [2.05, 4.69) is 17.5 Å². The Morgan fingerprint density at radius 2 is 2.29 bits per heavy atom. The van der Waals surface area contributed by atoms with Gasteiger partial charge in [0.15, 0.2) is 0 Å². The first kappa shape index (κ1) is 10.3. The summed E-state index contributed by atoms with van der Waals surface area (Å²) in [4.78, 5) is 14.1. The van der Waals surface area contributed by atoms with Crippen LogP contribution in [0.15, 0.2) is 0 Å². The van der Waals surface area contributed by atoms with Crippen LogP contribution in [-0.2, 0) is 4.79 Å². The number of carbonyl (C=O) groups excluding carboxylic acids is 1. The van der Waals surface area contributed by atoms with Crippen LogP contribution in [0.25, 0.3) is 0 Å². The number of rotatable bonds is 2. The van der Waals surface area contributed by atoms with E-state index in [1.807, 2.05) is 6.92 Å². The molecule has 3 heteroatoms. The maximum atomic E-state index is 12.0. The van der Waals surface area contributed by atoms with E-state index in [9.17, 15) is 4.79 Å². The normalized spacial score (nSPS) is 33.1. The van der Waals surface area contributed by atoms with Crippen LogP contribution in [-0.4, -0.2) is 28.6 Å². The molecule has 1 aliphatic carbocycles. The number of amides is 1. The molecular formula is C11H19NOS. The Labute approximate surface area is 91.5 Å². The molecule has 80 valence electrons. The fourth-order valence-electron chi connectivity index (χ4n) is 2.87. The van der Waals surface area contributed by atoms with Crippen LogP contribution in [0, 0.1) is 5.92 Å². The standard InChI is InChI=1S/C11H19NOS/c1-2-10(14)11(13)12-7-6-8-4-3-5-9(8)12/h8-10,14H,2-7H2,1H3. The maximum absolute atomic E-state index is 12.0. The van der Waals surface area contributed by atoms with Crippen molar-refractivity contribution < 1.29 is 4.79 Å². The second-order valence-electron chi connectivity index (χ2n) is 4.50. The lowest BCUT2D eigenvalue weighted by atomic mass is 10.0. The molecule has 0 bridgehead atoms. The van der Waals surface area contributed by atoms with Gasteiger partial charge in [0.2, 0.25) is 5.91 Å². The van der Waals surface area contributed by atoms with Crippen molar-refractivity contribution >= 4 is 18.5 Å². The smallest absolute Gasteiger partial charge is 0.235 e. The van der Waals surface area contributed by atoms with E-state index in [-0.39, 0.29) is 11.2 Å². The van der Waals surface area contributed by atoms with Crippen molar-refractivity contribution in [3.05, 3.63) is 0 Å². The second-order valence-corrected chi connectivity index (χ2v) is 5.13. The highest BCUT2D eigenvalue weighted by molar-refractivity contribution is 7.81. The zero-order chi connectivity index (χ0) is 10.1. The van der Waals surface area contributed by atoms with Crippen LogP contribution < -0.4 is 0 Å². The third kappa shape index (κ3) is 1.67. The zero-order valence-corrected chi connectivity index (χ0v) is 9.67. The largest absolute Gasteiger partial charge is 0.338 e. The van der Waals surface area contributed by atoms with Crippen molar-refractivity contribution in [2.24, 2.45) is 5.92 Å². The molecule has 3 unspecified atom stereocenters. The van der Waals surface area contributed by atoms with Crippen LogP contribution in [0.5, 0.6) is 0 Å². The molecule has 0 aromatic carbocycles. The zero-order valence-electron chi connectivity index (χ0n) is 8.78. The second kappa shape index (κ2) is 4.13. The van der Waals surface area contributed by atoms with Gasteiger partial charge in [-0.25, -0.2) is 0 Å². The Morgan fingerprint density at radius 3 is 3.00 bits per heavy atom. The molecule has 2 aliphatic rings. The SMILES string of the molecule is CCC(S)C(=O)N1CCC2CCCC21. The van der Waals surface area contributed by atoms with Gasteiger partial charge in [-0.2, -0.15) is 12.6 Å². The highest BCUT2D eigenvalue weighted by Gasteiger charge is 2.40. The molecule has 0 N–H and O–H groups in total. The van der Waals surface area contributed by atoms with Crippen molar-refractivity contribution in [3.8, 4) is 0 Å². The predicted molar refractivity (Wildman–Crippen MR) is 60.5 cm³/mol. The first-order valence-electron chi connectivity index (χ1n) is 5.72. The molecule has 0 radical (unpaired) electrons. The summed E-state index contributed by atoms with van der Waals surface area (Å²) < 4.78 is 0. The average Bonchev–Trinajstić information content (AvgIpc) is 2.76. The van der Waals surface area contributed by atoms with Crippen molar-refractivity contribution in [1.29, 1.82) is 0 Å². The number of thiol groups is 1. The van der Waals surface area contributed by atoms with Crippen LogP contribution in [0.3, 0.4) is 0 Å². The third-order valence-electron chi connectivity index (χ3n) is 3.71. The van der Waals surface area contributed by atoms with E-state index >= 15 is 0 Å². The van der Waals surface area contributed by atoms with Gasteiger partial charge >= 0.3 is 0 Å². The Balaban J connectivity index is 2.01. The molecule has 1 heterocycles. The van der Waals surface area contributed by atoms with E-state index in [0.717, 1.165) is 18.9 Å². The van der Waals surface area contributed by atoms with Crippen molar-refractivity contribution in [1.82, 2.24) is 4.90 Å². The molecule has 3 atom stereocenters. The van der Waals surface area contributed by atoms with E-state index in [4.69, 9.17) is 0 Å². The van der Waals surface area contributed by atoms with Gasteiger partial charge in [0.25, 0.3) is 0 Å². The number of fused-ring (bicyclic) bond motifs is 1. The fourth-order valence-corrected chi connectivity index (χ4v) is 3.02. The molecule has 2 nitrogen and oxygen atoms in total. The van der Waals surface area contributed by atoms with E-state index < -0.39 is 0 Å². The van der Waals surface area contributed by atoms with Gasteiger partial charge in [0.05, 0.1) is 5.25 Å². The topological polar surface area (TPSA) is 20.3 Å². The number of hydrogen-bond donors (Lipinski definition) is 1. The van der Waals surface area contributed by atoms with Gasteiger partial charge in [-0.15, -0.1) is 0 Å². The minimum Gasteiger partial charge on any atom is -0.338 e. The van der Waals surface area contributed by atoms with E-state index in [1.165, 1.54) is 25.7 Å². The lowest BCUT2D eigenvalue weighted by Crippen LogP contribution is -2.40. The van der Waals surface area contributed by atoms with E-state index in [1.54, 1.807) is 0 Å². The first-order chi connectivity index (χ1) is 6.74. The van der Waals surface area contributed by atoms with Crippen molar-refractivity contribution in [3.63, 3.8) is 0 Å². The molecule has 14 heavy (non-hydrogen) atoms.